The lowest BCUT2D eigenvalue weighted by Crippen LogP contribution is -2.33. The van der Waals surface area contributed by atoms with Crippen LogP contribution >= 0.6 is 6.89 Å². The van der Waals surface area contributed by atoms with Gasteiger partial charge >= 0.3 is 0 Å². The molecule has 6 rings (SSSR count). The molecule has 0 bridgehead atoms. The SMILES string of the molecule is CC(COC1=C(C2CCCCC2)C(=O)c2ccccc2C1=O)=P(c1ccc(C)cc1)(c1ccc(C)cc1)c1ccc(C)cc1. The Bertz CT molecular complexity index is 1670. The van der Waals surface area contributed by atoms with E-state index in [2.05, 4.69) is 100 Å². The van der Waals surface area contributed by atoms with E-state index in [0.29, 0.717) is 16.7 Å². The number of allylic oxidation sites excluding steroid dienone is 2. The van der Waals surface area contributed by atoms with Crippen LogP contribution in [0.5, 0.6) is 0 Å². The Kier molecular flexibility index (Phi) is 8.61. The molecule has 224 valence electrons. The van der Waals surface area contributed by atoms with E-state index in [1.807, 2.05) is 12.1 Å². The largest absolute Gasteiger partial charge is 0.485 e. The first kappa shape index (κ1) is 30.1. The van der Waals surface area contributed by atoms with Gasteiger partial charge in [0.1, 0.15) is 6.61 Å². The summed E-state index contributed by atoms with van der Waals surface area (Å²) in [5.74, 6) is 0.0967. The average molecular weight is 601 g/mol. The van der Waals surface area contributed by atoms with Crippen molar-refractivity contribution < 1.29 is 14.3 Å². The molecule has 0 N–H and O–H groups in total. The van der Waals surface area contributed by atoms with Crippen LogP contribution < -0.4 is 15.9 Å². The maximum absolute atomic E-state index is 14.1. The number of carbonyl (C=O) groups is 2. The summed E-state index contributed by atoms with van der Waals surface area (Å²) in [6, 6.07) is 33.9. The van der Waals surface area contributed by atoms with Gasteiger partial charge in [-0.1, -0.05) is 133 Å². The Morgan fingerprint density at radius 2 is 1.07 bits per heavy atom. The lowest BCUT2D eigenvalue weighted by atomic mass is 9.76. The van der Waals surface area contributed by atoms with E-state index in [4.69, 9.17) is 4.74 Å². The zero-order chi connectivity index (χ0) is 30.8. The van der Waals surface area contributed by atoms with Gasteiger partial charge in [-0.15, -0.1) is 0 Å². The molecule has 0 aliphatic heterocycles. The molecule has 2 aliphatic rings. The van der Waals surface area contributed by atoms with Crippen molar-refractivity contribution in [2.45, 2.75) is 59.8 Å². The standard InChI is InChI=1S/C40H41O3P/c1-27-14-20-32(21-15-27)44(33-22-16-28(2)17-23-33,34-24-18-29(3)19-25-34)30(4)26-43-40-37(31-10-6-5-7-11-31)38(41)35-12-8-9-13-36(35)39(40)42/h8-9,12-25,31H,5-7,10-11,26H2,1-4H3. The van der Waals surface area contributed by atoms with E-state index in [9.17, 15) is 9.59 Å². The van der Waals surface area contributed by atoms with Gasteiger partial charge in [-0.05, 0) is 74.5 Å². The minimum absolute atomic E-state index is 0.0450. The number of fused-ring (bicyclic) bond motifs is 1. The molecular weight excluding hydrogens is 559 g/mol. The second-order valence-corrected chi connectivity index (χ2v) is 16.1. The van der Waals surface area contributed by atoms with Crippen LogP contribution in [0.15, 0.2) is 108 Å². The molecule has 0 aromatic heterocycles. The smallest absolute Gasteiger partial charge is 0.228 e. The van der Waals surface area contributed by atoms with Crippen molar-refractivity contribution in [1.82, 2.24) is 0 Å². The third-order valence-electron chi connectivity index (χ3n) is 9.39. The molecule has 0 amide bonds. The summed E-state index contributed by atoms with van der Waals surface area (Å²) in [7, 11) is 0. The highest BCUT2D eigenvalue weighted by molar-refractivity contribution is 7.95. The first-order valence-corrected chi connectivity index (χ1v) is 17.6. The van der Waals surface area contributed by atoms with E-state index in [0.717, 1.165) is 31.0 Å². The highest BCUT2D eigenvalue weighted by Gasteiger charge is 2.38. The third kappa shape index (κ3) is 5.44. The van der Waals surface area contributed by atoms with Crippen molar-refractivity contribution >= 4 is 39.7 Å². The highest BCUT2D eigenvalue weighted by Crippen LogP contribution is 2.47. The summed E-state index contributed by atoms with van der Waals surface area (Å²) >= 11 is 0. The predicted octanol–water partition coefficient (Wildman–Crippen LogP) is 8.03. The first-order chi connectivity index (χ1) is 21.3. The molecule has 0 heterocycles. The molecule has 0 saturated heterocycles. The summed E-state index contributed by atoms with van der Waals surface area (Å²) in [4.78, 5) is 28.0. The quantitative estimate of drug-likeness (QED) is 0.202. The summed E-state index contributed by atoms with van der Waals surface area (Å²) in [5.41, 5.74) is 5.17. The Balaban J connectivity index is 1.56. The van der Waals surface area contributed by atoms with Crippen LogP contribution in [-0.2, 0) is 4.74 Å². The van der Waals surface area contributed by atoms with Crippen LogP contribution in [-0.4, -0.2) is 23.5 Å². The molecule has 4 aromatic rings. The second kappa shape index (κ2) is 12.6. The van der Waals surface area contributed by atoms with Gasteiger partial charge in [0.05, 0.1) is 0 Å². The first-order valence-electron chi connectivity index (χ1n) is 15.8. The van der Waals surface area contributed by atoms with E-state index < -0.39 is 6.89 Å². The van der Waals surface area contributed by atoms with E-state index in [1.165, 1.54) is 39.0 Å². The predicted molar refractivity (Wildman–Crippen MR) is 185 cm³/mol. The van der Waals surface area contributed by atoms with Gasteiger partial charge in [-0.25, -0.2) is 0 Å². The Morgan fingerprint density at radius 3 is 1.52 bits per heavy atom. The zero-order valence-corrected chi connectivity index (χ0v) is 27.1. The Labute approximate surface area is 262 Å². The van der Waals surface area contributed by atoms with E-state index in [1.54, 1.807) is 12.1 Å². The normalized spacial score (nSPS) is 15.7. The number of ether oxygens (including phenoxy) is 1. The van der Waals surface area contributed by atoms with Crippen molar-refractivity contribution in [3.05, 3.63) is 136 Å². The van der Waals surface area contributed by atoms with Gasteiger partial charge in [0, 0.05) is 16.7 Å². The number of ketones is 2. The molecule has 44 heavy (non-hydrogen) atoms. The van der Waals surface area contributed by atoms with Gasteiger partial charge in [0.15, 0.2) is 11.5 Å². The molecule has 4 aromatic carbocycles. The second-order valence-electron chi connectivity index (χ2n) is 12.5. The minimum Gasteiger partial charge on any atom is -0.485 e. The molecule has 0 radical (unpaired) electrons. The fraction of sp³-hybridized carbons (Fsp3) is 0.275. The number of Topliss-reactive ketones (excluding diaryl/α,β-unsaturated/α-hetero) is 2. The van der Waals surface area contributed by atoms with Gasteiger partial charge < -0.3 is 4.74 Å². The fourth-order valence-corrected chi connectivity index (χ4v) is 11.2. The van der Waals surface area contributed by atoms with E-state index in [-0.39, 0.29) is 29.9 Å². The summed E-state index contributed by atoms with van der Waals surface area (Å²) < 4.78 is 6.69. The number of rotatable bonds is 7. The number of carbonyl (C=O) groups excluding carboxylic acids is 2. The number of hydrogen-bond acceptors (Lipinski definition) is 3. The van der Waals surface area contributed by atoms with Crippen molar-refractivity contribution in [2.75, 3.05) is 6.61 Å². The number of benzene rings is 4. The van der Waals surface area contributed by atoms with Gasteiger partial charge in [0.25, 0.3) is 0 Å². The maximum atomic E-state index is 14.1. The summed E-state index contributed by atoms with van der Waals surface area (Å²) in [6.07, 6.45) is 5.14. The lowest BCUT2D eigenvalue weighted by molar-refractivity contribution is 0.0879. The van der Waals surface area contributed by atoms with Gasteiger partial charge in [0.2, 0.25) is 5.78 Å². The molecule has 3 nitrogen and oxygen atoms in total. The molecular formula is C40H41O3P. The van der Waals surface area contributed by atoms with Gasteiger partial charge in [-0.3, -0.25) is 9.59 Å². The Morgan fingerprint density at radius 1 is 0.636 bits per heavy atom. The third-order valence-corrected chi connectivity index (χ3v) is 13.9. The lowest BCUT2D eigenvalue weighted by Gasteiger charge is -2.33. The number of aryl methyl sites for hydroxylation is 3. The fourth-order valence-electron chi connectivity index (χ4n) is 6.96. The van der Waals surface area contributed by atoms with Crippen molar-refractivity contribution in [3.63, 3.8) is 0 Å². The van der Waals surface area contributed by atoms with Crippen molar-refractivity contribution in [3.8, 4) is 0 Å². The monoisotopic (exact) mass is 600 g/mol. The Hall–Kier alpha value is -3.94. The van der Waals surface area contributed by atoms with E-state index >= 15 is 0 Å². The van der Waals surface area contributed by atoms with Crippen molar-refractivity contribution in [2.24, 2.45) is 5.92 Å². The molecule has 1 fully saturated rings. The van der Waals surface area contributed by atoms with Gasteiger partial charge in [-0.2, -0.15) is 0 Å². The van der Waals surface area contributed by atoms with Crippen LogP contribution in [0.1, 0.15) is 76.4 Å². The highest BCUT2D eigenvalue weighted by atomic mass is 31.2. The van der Waals surface area contributed by atoms with Crippen LogP contribution in [0.25, 0.3) is 0 Å². The van der Waals surface area contributed by atoms with Crippen LogP contribution in [0.3, 0.4) is 0 Å². The number of hydrogen-bond donors (Lipinski definition) is 0. The van der Waals surface area contributed by atoms with Crippen LogP contribution in [0, 0.1) is 26.7 Å². The molecule has 2 aliphatic carbocycles. The zero-order valence-electron chi connectivity index (χ0n) is 26.2. The molecule has 0 spiro atoms. The minimum atomic E-state index is -2.35. The summed E-state index contributed by atoms with van der Waals surface area (Å²) in [6.45, 7) is 6.42. The van der Waals surface area contributed by atoms with Crippen LogP contribution in [0.2, 0.25) is 0 Å². The molecule has 0 unspecified atom stereocenters. The summed E-state index contributed by atoms with van der Waals surface area (Å²) in [5, 5.41) is 4.89. The molecule has 4 heteroatoms. The van der Waals surface area contributed by atoms with Crippen LogP contribution in [0.4, 0.5) is 0 Å². The topological polar surface area (TPSA) is 43.4 Å². The maximum Gasteiger partial charge on any atom is 0.228 e. The molecule has 1 saturated carbocycles. The molecule has 0 atom stereocenters. The van der Waals surface area contributed by atoms with Crippen molar-refractivity contribution in [1.29, 1.82) is 0 Å². The average Bonchev–Trinajstić information content (AvgIpc) is 3.05.